The molecule has 0 saturated carbocycles. The molecule has 0 atom stereocenters. The van der Waals surface area contributed by atoms with Crippen molar-refractivity contribution in [1.82, 2.24) is 4.90 Å². The zero-order chi connectivity index (χ0) is 17.5. The summed E-state index contributed by atoms with van der Waals surface area (Å²) in [6.45, 7) is 4.31. The lowest BCUT2D eigenvalue weighted by Gasteiger charge is -2.38. The molecule has 3 rings (SSSR count). The minimum Gasteiger partial charge on any atom is -0.336 e. The van der Waals surface area contributed by atoms with E-state index in [-0.39, 0.29) is 23.9 Å². The maximum absolute atomic E-state index is 12.6. The van der Waals surface area contributed by atoms with Crippen LogP contribution in [0.25, 0.3) is 0 Å². The van der Waals surface area contributed by atoms with Crippen molar-refractivity contribution in [1.29, 1.82) is 0 Å². The molecule has 126 valence electrons. The summed E-state index contributed by atoms with van der Waals surface area (Å²) >= 11 is 5.80. The Balaban J connectivity index is 1.72. The summed E-state index contributed by atoms with van der Waals surface area (Å²) in [6.07, 6.45) is 0. The zero-order valence-electron chi connectivity index (χ0n) is 13.5. The van der Waals surface area contributed by atoms with Crippen molar-refractivity contribution in [2.45, 2.75) is 24.0 Å². The number of carbonyl (C=O) groups excluding carboxylic acids is 1. The third-order valence-corrected chi connectivity index (χ3v) is 6.54. The van der Waals surface area contributed by atoms with Crippen LogP contribution in [0.3, 0.4) is 0 Å². The molecule has 0 bridgehead atoms. The SMILES string of the molecule is Cc1cc(C)cc(C(=O)N2CC(S(=O)(=O)c3ccc(Cl)cc3)C2)c1. The fourth-order valence-corrected chi connectivity index (χ4v) is 4.68. The second-order valence-electron chi connectivity index (χ2n) is 6.21. The fraction of sp³-hybridized carbons (Fsp3) is 0.278. The van der Waals surface area contributed by atoms with Crippen molar-refractivity contribution in [3.63, 3.8) is 0 Å². The van der Waals surface area contributed by atoms with E-state index in [0.717, 1.165) is 11.1 Å². The maximum Gasteiger partial charge on any atom is 0.253 e. The molecule has 1 fully saturated rings. The Morgan fingerprint density at radius 3 is 2.12 bits per heavy atom. The molecule has 2 aromatic carbocycles. The second kappa shape index (κ2) is 6.22. The predicted molar refractivity (Wildman–Crippen MR) is 94.2 cm³/mol. The lowest BCUT2D eigenvalue weighted by Crippen LogP contribution is -2.56. The van der Waals surface area contributed by atoms with Gasteiger partial charge in [0.05, 0.1) is 4.90 Å². The van der Waals surface area contributed by atoms with Crippen LogP contribution in [0.15, 0.2) is 47.4 Å². The molecule has 4 nitrogen and oxygen atoms in total. The van der Waals surface area contributed by atoms with Gasteiger partial charge in [-0.25, -0.2) is 8.42 Å². The Bertz CT molecular complexity index is 865. The highest BCUT2D eigenvalue weighted by atomic mass is 35.5. The molecular weight excluding hydrogens is 346 g/mol. The van der Waals surface area contributed by atoms with Crippen molar-refractivity contribution in [3.8, 4) is 0 Å². The molecule has 0 aliphatic carbocycles. The molecule has 2 aromatic rings. The quantitative estimate of drug-likeness (QED) is 0.841. The highest BCUT2D eigenvalue weighted by Crippen LogP contribution is 2.26. The molecule has 1 amide bonds. The third-order valence-electron chi connectivity index (χ3n) is 4.18. The van der Waals surface area contributed by atoms with Gasteiger partial charge < -0.3 is 4.90 Å². The summed E-state index contributed by atoms with van der Waals surface area (Å²) in [5.74, 6) is -0.121. The van der Waals surface area contributed by atoms with E-state index in [1.165, 1.54) is 12.1 Å². The molecule has 6 heteroatoms. The number of amides is 1. The number of hydrogen-bond donors (Lipinski definition) is 0. The summed E-state index contributed by atoms with van der Waals surface area (Å²) < 4.78 is 25.1. The van der Waals surface area contributed by atoms with Crippen molar-refractivity contribution in [3.05, 3.63) is 64.2 Å². The van der Waals surface area contributed by atoms with Crippen LogP contribution in [-0.4, -0.2) is 37.6 Å². The molecule has 1 aliphatic heterocycles. The van der Waals surface area contributed by atoms with Crippen LogP contribution >= 0.6 is 11.6 Å². The van der Waals surface area contributed by atoms with E-state index in [9.17, 15) is 13.2 Å². The van der Waals surface area contributed by atoms with Crippen LogP contribution in [-0.2, 0) is 9.84 Å². The zero-order valence-corrected chi connectivity index (χ0v) is 15.1. The maximum atomic E-state index is 12.6. The molecule has 1 heterocycles. The number of rotatable bonds is 3. The van der Waals surface area contributed by atoms with Gasteiger partial charge in [0.1, 0.15) is 5.25 Å². The number of hydrogen-bond acceptors (Lipinski definition) is 3. The van der Waals surface area contributed by atoms with Gasteiger partial charge >= 0.3 is 0 Å². The van der Waals surface area contributed by atoms with Crippen LogP contribution in [0, 0.1) is 13.8 Å². The van der Waals surface area contributed by atoms with E-state index in [1.54, 1.807) is 17.0 Å². The Labute approximate surface area is 147 Å². The van der Waals surface area contributed by atoms with E-state index in [0.29, 0.717) is 10.6 Å². The normalized spacial score (nSPS) is 15.2. The lowest BCUT2D eigenvalue weighted by atomic mass is 10.0. The standard InChI is InChI=1S/C18H18ClNO3S/c1-12-7-13(2)9-14(8-12)18(21)20-10-17(11-20)24(22,23)16-5-3-15(19)4-6-16/h3-9,17H,10-11H2,1-2H3. The van der Waals surface area contributed by atoms with Crippen LogP contribution < -0.4 is 0 Å². The summed E-state index contributed by atoms with van der Waals surface area (Å²) in [5.41, 5.74) is 2.64. The molecular formula is C18H18ClNO3S. The third kappa shape index (κ3) is 3.19. The molecule has 1 aliphatic rings. The van der Waals surface area contributed by atoms with E-state index in [4.69, 9.17) is 11.6 Å². The molecule has 0 unspecified atom stereocenters. The highest BCUT2D eigenvalue weighted by Gasteiger charge is 2.40. The van der Waals surface area contributed by atoms with E-state index in [1.807, 2.05) is 32.0 Å². The van der Waals surface area contributed by atoms with Gasteiger partial charge in [0.25, 0.3) is 5.91 Å². The van der Waals surface area contributed by atoms with Gasteiger partial charge in [0.2, 0.25) is 0 Å². The predicted octanol–water partition coefficient (Wildman–Crippen LogP) is 3.26. The smallest absolute Gasteiger partial charge is 0.253 e. The second-order valence-corrected chi connectivity index (χ2v) is 8.87. The first-order valence-electron chi connectivity index (χ1n) is 7.64. The van der Waals surface area contributed by atoms with Crippen molar-refractivity contribution < 1.29 is 13.2 Å². The molecule has 0 aromatic heterocycles. The summed E-state index contributed by atoms with van der Waals surface area (Å²) in [4.78, 5) is 14.3. The monoisotopic (exact) mass is 363 g/mol. The number of halogens is 1. The van der Waals surface area contributed by atoms with Crippen LogP contribution in [0.5, 0.6) is 0 Å². The number of aryl methyl sites for hydroxylation is 2. The first-order valence-corrected chi connectivity index (χ1v) is 9.57. The Kier molecular flexibility index (Phi) is 4.40. The van der Waals surface area contributed by atoms with Crippen LogP contribution in [0.1, 0.15) is 21.5 Å². The first-order chi connectivity index (χ1) is 11.3. The van der Waals surface area contributed by atoms with Crippen LogP contribution in [0.2, 0.25) is 5.02 Å². The summed E-state index contributed by atoms with van der Waals surface area (Å²) in [7, 11) is -3.44. The van der Waals surface area contributed by atoms with Crippen molar-refractivity contribution >= 4 is 27.3 Å². The molecule has 0 spiro atoms. The van der Waals surface area contributed by atoms with Gasteiger partial charge in [0.15, 0.2) is 9.84 Å². The van der Waals surface area contributed by atoms with Gasteiger partial charge in [-0.15, -0.1) is 0 Å². The van der Waals surface area contributed by atoms with E-state index in [2.05, 4.69) is 0 Å². The fourth-order valence-electron chi connectivity index (χ4n) is 2.90. The van der Waals surface area contributed by atoms with E-state index >= 15 is 0 Å². The average molecular weight is 364 g/mol. The topological polar surface area (TPSA) is 54.5 Å². The highest BCUT2D eigenvalue weighted by molar-refractivity contribution is 7.92. The Morgan fingerprint density at radius 2 is 1.58 bits per heavy atom. The lowest BCUT2D eigenvalue weighted by molar-refractivity contribution is 0.0658. The Hall–Kier alpha value is -1.85. The largest absolute Gasteiger partial charge is 0.336 e. The first kappa shape index (κ1) is 17.0. The molecule has 0 N–H and O–H groups in total. The minimum absolute atomic E-state index is 0.121. The summed E-state index contributed by atoms with van der Waals surface area (Å²) in [6, 6.07) is 11.8. The number of benzene rings is 2. The summed E-state index contributed by atoms with van der Waals surface area (Å²) in [5, 5.41) is -0.0669. The van der Waals surface area contributed by atoms with Crippen molar-refractivity contribution in [2.75, 3.05) is 13.1 Å². The molecule has 24 heavy (non-hydrogen) atoms. The minimum atomic E-state index is -3.44. The number of sulfone groups is 1. The van der Waals surface area contributed by atoms with E-state index < -0.39 is 15.1 Å². The van der Waals surface area contributed by atoms with Gasteiger partial charge in [-0.05, 0) is 50.2 Å². The molecule has 0 radical (unpaired) electrons. The van der Waals surface area contributed by atoms with Gasteiger partial charge in [-0.3, -0.25) is 4.79 Å². The van der Waals surface area contributed by atoms with Gasteiger partial charge in [-0.2, -0.15) is 0 Å². The van der Waals surface area contributed by atoms with Gasteiger partial charge in [0, 0.05) is 23.7 Å². The number of carbonyl (C=O) groups is 1. The average Bonchev–Trinajstić information content (AvgIpc) is 2.44. The van der Waals surface area contributed by atoms with Gasteiger partial charge in [-0.1, -0.05) is 28.8 Å². The van der Waals surface area contributed by atoms with Crippen molar-refractivity contribution in [2.24, 2.45) is 0 Å². The van der Waals surface area contributed by atoms with Crippen LogP contribution in [0.4, 0.5) is 0 Å². The number of nitrogens with zero attached hydrogens (tertiary/aromatic N) is 1. The number of likely N-dealkylation sites (tertiary alicyclic amines) is 1. The Morgan fingerprint density at radius 1 is 1.04 bits per heavy atom. The molecule has 1 saturated heterocycles.